The second kappa shape index (κ2) is 9.97. The molecule has 0 radical (unpaired) electrons. The number of halogens is 1. The summed E-state index contributed by atoms with van der Waals surface area (Å²) in [5, 5.41) is 3.14. The van der Waals surface area contributed by atoms with Gasteiger partial charge >= 0.3 is 0 Å². The SMILES string of the molecule is CC(=O)N(c1ccccc1)c1nc(/C=C/C(=O)N2CCN(c3ccc(Cl)cc3)CC2)cs1. The van der Waals surface area contributed by atoms with Crippen molar-refractivity contribution in [1.82, 2.24) is 9.88 Å². The third kappa shape index (κ3) is 5.18. The predicted molar refractivity (Wildman–Crippen MR) is 131 cm³/mol. The topological polar surface area (TPSA) is 56.8 Å². The lowest BCUT2D eigenvalue weighted by Gasteiger charge is -2.35. The molecule has 0 spiro atoms. The van der Waals surface area contributed by atoms with Crippen LogP contribution in [0, 0.1) is 0 Å². The van der Waals surface area contributed by atoms with Crippen molar-refractivity contribution in [1.29, 1.82) is 0 Å². The number of hydrogen-bond acceptors (Lipinski definition) is 5. The number of nitrogens with zero attached hydrogens (tertiary/aromatic N) is 4. The summed E-state index contributed by atoms with van der Waals surface area (Å²) in [6.45, 7) is 4.36. The average molecular weight is 467 g/mol. The van der Waals surface area contributed by atoms with Gasteiger partial charge in [0.05, 0.1) is 11.4 Å². The van der Waals surface area contributed by atoms with Gasteiger partial charge in [0.25, 0.3) is 0 Å². The largest absolute Gasteiger partial charge is 0.368 e. The van der Waals surface area contributed by atoms with Crippen LogP contribution in [0.15, 0.2) is 66.1 Å². The maximum absolute atomic E-state index is 12.6. The van der Waals surface area contributed by atoms with Crippen LogP contribution in [0.25, 0.3) is 6.08 Å². The van der Waals surface area contributed by atoms with Gasteiger partial charge < -0.3 is 9.80 Å². The molecule has 0 bridgehead atoms. The second-order valence-electron chi connectivity index (χ2n) is 7.37. The Bertz CT molecular complexity index is 1110. The summed E-state index contributed by atoms with van der Waals surface area (Å²) < 4.78 is 0. The molecule has 8 heteroatoms. The van der Waals surface area contributed by atoms with Crippen LogP contribution in [0.2, 0.25) is 5.02 Å². The number of benzene rings is 2. The van der Waals surface area contributed by atoms with E-state index in [9.17, 15) is 9.59 Å². The first-order valence-corrected chi connectivity index (χ1v) is 11.6. The molecule has 1 aliphatic heterocycles. The Morgan fingerprint density at radius 3 is 2.38 bits per heavy atom. The molecule has 1 aliphatic rings. The molecular formula is C24H23ClN4O2S. The van der Waals surface area contributed by atoms with Crippen LogP contribution in [0.4, 0.5) is 16.5 Å². The van der Waals surface area contributed by atoms with Crippen LogP contribution >= 0.6 is 22.9 Å². The first kappa shape index (κ1) is 22.0. The number of carbonyl (C=O) groups excluding carboxylic acids is 2. The zero-order chi connectivity index (χ0) is 22.5. The lowest BCUT2D eigenvalue weighted by atomic mass is 10.2. The maximum atomic E-state index is 12.6. The number of para-hydroxylation sites is 1. The molecule has 3 aromatic rings. The van der Waals surface area contributed by atoms with Crippen molar-refractivity contribution in [2.75, 3.05) is 36.0 Å². The molecule has 6 nitrogen and oxygen atoms in total. The molecule has 2 aromatic carbocycles. The molecular weight excluding hydrogens is 444 g/mol. The average Bonchev–Trinajstić information content (AvgIpc) is 3.27. The Labute approximate surface area is 196 Å². The fourth-order valence-electron chi connectivity index (χ4n) is 3.56. The second-order valence-corrected chi connectivity index (χ2v) is 8.64. The monoisotopic (exact) mass is 466 g/mol. The molecule has 0 N–H and O–H groups in total. The van der Waals surface area contributed by atoms with Crippen LogP contribution in [0.1, 0.15) is 12.6 Å². The minimum absolute atomic E-state index is 0.0400. The molecule has 0 atom stereocenters. The molecule has 2 heterocycles. The van der Waals surface area contributed by atoms with Crippen molar-refractivity contribution in [3.05, 3.63) is 76.8 Å². The Hall–Kier alpha value is -3.16. The summed E-state index contributed by atoms with van der Waals surface area (Å²) in [6.07, 6.45) is 3.26. The fourth-order valence-corrected chi connectivity index (χ4v) is 4.54. The highest BCUT2D eigenvalue weighted by Gasteiger charge is 2.20. The fraction of sp³-hybridized carbons (Fsp3) is 0.208. The number of rotatable bonds is 5. The summed E-state index contributed by atoms with van der Waals surface area (Å²) >= 11 is 7.33. The van der Waals surface area contributed by atoms with Gasteiger partial charge in [-0.2, -0.15) is 0 Å². The number of anilines is 3. The van der Waals surface area contributed by atoms with Gasteiger partial charge in [0.2, 0.25) is 11.8 Å². The zero-order valence-electron chi connectivity index (χ0n) is 17.6. The lowest BCUT2D eigenvalue weighted by molar-refractivity contribution is -0.126. The van der Waals surface area contributed by atoms with E-state index >= 15 is 0 Å². The highest BCUT2D eigenvalue weighted by molar-refractivity contribution is 7.14. The Kier molecular flexibility index (Phi) is 6.87. The summed E-state index contributed by atoms with van der Waals surface area (Å²) in [6, 6.07) is 17.2. The van der Waals surface area contributed by atoms with E-state index in [2.05, 4.69) is 9.88 Å². The van der Waals surface area contributed by atoms with Gasteiger partial charge in [0.1, 0.15) is 0 Å². The predicted octanol–water partition coefficient (Wildman–Crippen LogP) is 4.84. The van der Waals surface area contributed by atoms with Crippen LogP contribution < -0.4 is 9.80 Å². The smallest absolute Gasteiger partial charge is 0.246 e. The normalized spacial score (nSPS) is 14.1. The van der Waals surface area contributed by atoms with Gasteiger partial charge in [-0.15, -0.1) is 11.3 Å². The van der Waals surface area contributed by atoms with E-state index in [4.69, 9.17) is 11.6 Å². The molecule has 1 saturated heterocycles. The van der Waals surface area contributed by atoms with E-state index in [1.807, 2.05) is 64.9 Å². The van der Waals surface area contributed by atoms with E-state index in [-0.39, 0.29) is 11.8 Å². The van der Waals surface area contributed by atoms with Crippen LogP contribution in [-0.2, 0) is 9.59 Å². The standard InChI is InChI=1S/C24H23ClN4O2S/c1-18(30)29(22-5-3-2-4-6-22)24-26-20(17-32-24)9-12-23(31)28-15-13-27(14-16-28)21-10-7-19(25)8-11-21/h2-12,17H,13-16H2,1H3/b12-9+. The lowest BCUT2D eigenvalue weighted by Crippen LogP contribution is -2.48. The number of aromatic nitrogens is 1. The number of hydrogen-bond donors (Lipinski definition) is 0. The maximum Gasteiger partial charge on any atom is 0.246 e. The highest BCUT2D eigenvalue weighted by Crippen LogP contribution is 2.29. The van der Waals surface area contributed by atoms with Crippen LogP contribution in [-0.4, -0.2) is 47.9 Å². The first-order valence-electron chi connectivity index (χ1n) is 10.3. The summed E-state index contributed by atoms with van der Waals surface area (Å²) in [4.78, 5) is 35.0. The Morgan fingerprint density at radius 2 is 1.72 bits per heavy atom. The zero-order valence-corrected chi connectivity index (χ0v) is 19.2. The van der Waals surface area contributed by atoms with Gasteiger partial charge in [0.15, 0.2) is 5.13 Å². The molecule has 2 amide bonds. The number of amides is 2. The third-order valence-electron chi connectivity index (χ3n) is 5.21. The minimum atomic E-state index is -0.115. The van der Waals surface area contributed by atoms with E-state index in [1.165, 1.54) is 18.3 Å². The Morgan fingerprint density at radius 1 is 1.03 bits per heavy atom. The van der Waals surface area contributed by atoms with E-state index in [0.29, 0.717) is 28.9 Å². The molecule has 32 heavy (non-hydrogen) atoms. The molecule has 1 aromatic heterocycles. The van der Waals surface area contributed by atoms with Gasteiger partial charge in [-0.05, 0) is 42.5 Å². The van der Waals surface area contributed by atoms with Gasteiger partial charge in [-0.3, -0.25) is 14.5 Å². The summed E-state index contributed by atoms with van der Waals surface area (Å²) in [7, 11) is 0. The molecule has 4 rings (SSSR count). The van der Waals surface area contributed by atoms with E-state index in [0.717, 1.165) is 24.5 Å². The molecule has 0 unspecified atom stereocenters. The highest BCUT2D eigenvalue weighted by atomic mass is 35.5. The summed E-state index contributed by atoms with van der Waals surface area (Å²) in [5.74, 6) is -0.155. The van der Waals surface area contributed by atoms with Gasteiger partial charge in [-0.1, -0.05) is 29.8 Å². The van der Waals surface area contributed by atoms with E-state index < -0.39 is 0 Å². The Balaban J connectivity index is 1.37. The third-order valence-corrected chi connectivity index (χ3v) is 6.31. The molecule has 0 aliphatic carbocycles. The van der Waals surface area contributed by atoms with Crippen molar-refractivity contribution in [2.45, 2.75) is 6.92 Å². The number of thiazole rings is 1. The van der Waals surface area contributed by atoms with Crippen LogP contribution in [0.3, 0.4) is 0 Å². The van der Waals surface area contributed by atoms with Crippen LogP contribution in [0.5, 0.6) is 0 Å². The minimum Gasteiger partial charge on any atom is -0.368 e. The molecule has 1 fully saturated rings. The van der Waals surface area contributed by atoms with Crippen molar-refractivity contribution >= 4 is 57.3 Å². The number of piperazine rings is 1. The number of carbonyl (C=O) groups is 2. The quantitative estimate of drug-likeness (QED) is 0.505. The summed E-state index contributed by atoms with van der Waals surface area (Å²) in [5.41, 5.74) is 2.53. The van der Waals surface area contributed by atoms with Crippen molar-refractivity contribution in [3.8, 4) is 0 Å². The van der Waals surface area contributed by atoms with Crippen molar-refractivity contribution in [3.63, 3.8) is 0 Å². The van der Waals surface area contributed by atoms with Gasteiger partial charge in [0, 0.05) is 55.3 Å². The molecule has 164 valence electrons. The first-order chi connectivity index (χ1) is 15.5. The van der Waals surface area contributed by atoms with E-state index in [1.54, 1.807) is 17.1 Å². The molecule has 0 saturated carbocycles. The van der Waals surface area contributed by atoms with Crippen molar-refractivity contribution < 1.29 is 9.59 Å². The van der Waals surface area contributed by atoms with Gasteiger partial charge in [-0.25, -0.2) is 4.98 Å². The van der Waals surface area contributed by atoms with Crippen molar-refractivity contribution in [2.24, 2.45) is 0 Å².